The first-order valence-corrected chi connectivity index (χ1v) is 11.3. The molecule has 1 heterocycles. The molecule has 142 valence electrons. The van der Waals surface area contributed by atoms with E-state index in [9.17, 15) is 0 Å². The Morgan fingerprint density at radius 2 is 1.88 bits per heavy atom. The van der Waals surface area contributed by atoms with E-state index in [0.29, 0.717) is 21.2 Å². The third-order valence-electron chi connectivity index (χ3n) is 5.18. The van der Waals surface area contributed by atoms with Crippen molar-refractivity contribution in [3.8, 4) is 0 Å². The second-order valence-corrected chi connectivity index (χ2v) is 8.90. The van der Waals surface area contributed by atoms with Gasteiger partial charge >= 0.3 is 0 Å². The van der Waals surface area contributed by atoms with Crippen LogP contribution >= 0.6 is 35.0 Å². The van der Waals surface area contributed by atoms with Gasteiger partial charge in [-0.25, -0.2) is 0 Å². The van der Waals surface area contributed by atoms with Crippen molar-refractivity contribution in [2.24, 2.45) is 5.92 Å². The van der Waals surface area contributed by atoms with Gasteiger partial charge in [0.05, 0.1) is 10.0 Å². The molecule has 0 spiro atoms. The van der Waals surface area contributed by atoms with Gasteiger partial charge in [-0.3, -0.25) is 0 Å². The molecule has 1 fully saturated rings. The molecule has 1 aromatic carbocycles. The van der Waals surface area contributed by atoms with Gasteiger partial charge in [0.25, 0.3) is 5.22 Å². The molecule has 0 amide bonds. The molecule has 0 aliphatic heterocycles. The lowest BCUT2D eigenvalue weighted by molar-refractivity contribution is 0.267. The molecular weight excluding hydrogens is 387 g/mol. The Morgan fingerprint density at radius 1 is 1.08 bits per heavy atom. The highest BCUT2D eigenvalue weighted by Gasteiger charge is 2.26. The maximum absolute atomic E-state index is 6.06. The normalized spacial score (nSPS) is 20.4. The molecule has 0 N–H and O–H groups in total. The minimum Gasteiger partial charge on any atom is -0.416 e. The Balaban J connectivity index is 1.47. The summed E-state index contributed by atoms with van der Waals surface area (Å²) in [5.74, 6) is 2.88. The Hall–Kier alpha value is -0.710. The minimum atomic E-state index is 0.434. The highest BCUT2D eigenvalue weighted by atomic mass is 35.5. The van der Waals surface area contributed by atoms with Crippen LogP contribution in [0.2, 0.25) is 10.0 Å². The number of rotatable bonds is 8. The van der Waals surface area contributed by atoms with Crippen molar-refractivity contribution < 1.29 is 4.42 Å². The van der Waals surface area contributed by atoms with Crippen molar-refractivity contribution in [1.29, 1.82) is 0 Å². The van der Waals surface area contributed by atoms with E-state index < -0.39 is 0 Å². The van der Waals surface area contributed by atoms with Crippen LogP contribution in [0.5, 0.6) is 0 Å². The van der Waals surface area contributed by atoms with Gasteiger partial charge < -0.3 is 4.42 Å². The molecule has 0 unspecified atom stereocenters. The highest BCUT2D eigenvalue weighted by Crippen LogP contribution is 2.38. The molecule has 1 aliphatic rings. The van der Waals surface area contributed by atoms with E-state index in [1.165, 1.54) is 51.4 Å². The third kappa shape index (κ3) is 5.64. The number of halogens is 2. The van der Waals surface area contributed by atoms with Crippen molar-refractivity contribution in [3.05, 3.63) is 39.7 Å². The van der Waals surface area contributed by atoms with Crippen LogP contribution in [0.1, 0.15) is 75.7 Å². The van der Waals surface area contributed by atoms with E-state index >= 15 is 0 Å². The van der Waals surface area contributed by atoms with Crippen molar-refractivity contribution in [2.75, 3.05) is 0 Å². The summed E-state index contributed by atoms with van der Waals surface area (Å²) in [5, 5.41) is 10.3. The van der Waals surface area contributed by atoms with Gasteiger partial charge in [0, 0.05) is 11.7 Å². The van der Waals surface area contributed by atoms with Crippen molar-refractivity contribution >= 4 is 35.0 Å². The van der Waals surface area contributed by atoms with Gasteiger partial charge in [-0.05, 0) is 49.3 Å². The molecule has 0 bridgehead atoms. The number of hydrogen-bond acceptors (Lipinski definition) is 4. The predicted octanol–water partition coefficient (Wildman–Crippen LogP) is 7.52. The fourth-order valence-electron chi connectivity index (χ4n) is 3.60. The topological polar surface area (TPSA) is 38.9 Å². The van der Waals surface area contributed by atoms with E-state index in [1.807, 2.05) is 18.2 Å². The van der Waals surface area contributed by atoms with E-state index in [0.717, 1.165) is 23.1 Å². The number of aromatic nitrogens is 2. The zero-order chi connectivity index (χ0) is 18.4. The summed E-state index contributed by atoms with van der Waals surface area (Å²) < 4.78 is 5.91. The molecule has 3 nitrogen and oxygen atoms in total. The van der Waals surface area contributed by atoms with Crippen molar-refractivity contribution in [3.63, 3.8) is 0 Å². The van der Waals surface area contributed by atoms with Crippen LogP contribution in [0.3, 0.4) is 0 Å². The van der Waals surface area contributed by atoms with E-state index in [2.05, 4.69) is 17.1 Å². The summed E-state index contributed by atoms with van der Waals surface area (Å²) in [7, 11) is 0. The Labute approximate surface area is 170 Å². The van der Waals surface area contributed by atoms with Crippen molar-refractivity contribution in [2.45, 2.75) is 75.2 Å². The van der Waals surface area contributed by atoms with Crippen LogP contribution in [0.25, 0.3) is 0 Å². The number of unbranched alkanes of at least 4 members (excludes halogenated alkanes) is 2. The highest BCUT2D eigenvalue weighted by molar-refractivity contribution is 7.98. The Kier molecular flexibility index (Phi) is 7.71. The first-order chi connectivity index (χ1) is 12.7. The summed E-state index contributed by atoms with van der Waals surface area (Å²) in [6.45, 7) is 2.27. The minimum absolute atomic E-state index is 0.434. The fourth-order valence-corrected chi connectivity index (χ4v) is 4.63. The Morgan fingerprint density at radius 3 is 2.62 bits per heavy atom. The molecule has 0 radical (unpaired) electrons. The van der Waals surface area contributed by atoms with E-state index in [1.54, 1.807) is 11.8 Å². The Bertz CT molecular complexity index is 699. The molecular formula is C20H26Cl2N2OS. The zero-order valence-electron chi connectivity index (χ0n) is 15.2. The summed E-state index contributed by atoms with van der Waals surface area (Å²) >= 11 is 13.6. The van der Waals surface area contributed by atoms with Gasteiger partial charge in [0.2, 0.25) is 5.89 Å². The van der Waals surface area contributed by atoms with E-state index in [4.69, 9.17) is 27.6 Å². The molecule has 0 atom stereocenters. The van der Waals surface area contributed by atoms with Gasteiger partial charge in [0.15, 0.2) is 0 Å². The maximum Gasteiger partial charge on any atom is 0.276 e. The lowest BCUT2D eigenvalue weighted by atomic mass is 9.80. The predicted molar refractivity (Wildman–Crippen MR) is 109 cm³/mol. The summed E-state index contributed by atoms with van der Waals surface area (Å²) in [4.78, 5) is 0. The lowest BCUT2D eigenvalue weighted by Gasteiger charge is -2.26. The van der Waals surface area contributed by atoms with Crippen LogP contribution in [-0.2, 0) is 5.75 Å². The second-order valence-electron chi connectivity index (χ2n) is 7.16. The monoisotopic (exact) mass is 412 g/mol. The average molecular weight is 413 g/mol. The molecule has 2 aromatic rings. The number of nitrogens with zero attached hydrogens (tertiary/aromatic N) is 2. The number of thioether (sulfide) groups is 1. The van der Waals surface area contributed by atoms with Crippen LogP contribution in [-0.4, -0.2) is 10.2 Å². The van der Waals surface area contributed by atoms with Gasteiger partial charge in [-0.15, -0.1) is 10.2 Å². The van der Waals surface area contributed by atoms with E-state index in [-0.39, 0.29) is 0 Å². The average Bonchev–Trinajstić information content (AvgIpc) is 3.12. The SMILES string of the molecule is CCCCCC1CCC(c2nnc(SCc3ccc(Cl)c(Cl)c3)o2)CC1. The van der Waals surface area contributed by atoms with Gasteiger partial charge in [-0.2, -0.15) is 0 Å². The fraction of sp³-hybridized carbons (Fsp3) is 0.600. The molecule has 3 rings (SSSR count). The number of hydrogen-bond donors (Lipinski definition) is 0. The number of benzene rings is 1. The quantitative estimate of drug-likeness (QED) is 0.331. The molecule has 26 heavy (non-hydrogen) atoms. The van der Waals surface area contributed by atoms with Gasteiger partial charge in [0.1, 0.15) is 0 Å². The second kappa shape index (κ2) is 10.0. The summed E-state index contributed by atoms with van der Waals surface area (Å²) in [5.41, 5.74) is 1.09. The zero-order valence-corrected chi connectivity index (χ0v) is 17.5. The third-order valence-corrected chi connectivity index (χ3v) is 6.81. The van der Waals surface area contributed by atoms with Crippen molar-refractivity contribution in [1.82, 2.24) is 10.2 Å². The standard InChI is InChI=1S/C20H26Cl2N2OS/c1-2-3-4-5-14-6-9-16(10-7-14)19-23-24-20(25-19)26-13-15-8-11-17(21)18(22)12-15/h8,11-12,14,16H,2-7,9-10,13H2,1H3. The molecule has 1 aliphatic carbocycles. The van der Waals surface area contributed by atoms with Crippen LogP contribution in [0.15, 0.2) is 27.8 Å². The van der Waals surface area contributed by atoms with Crippen LogP contribution in [0, 0.1) is 5.92 Å². The molecule has 1 aromatic heterocycles. The summed E-state index contributed by atoms with van der Waals surface area (Å²) in [6.07, 6.45) is 10.4. The molecule has 1 saturated carbocycles. The molecule has 0 saturated heterocycles. The maximum atomic E-state index is 6.06. The largest absolute Gasteiger partial charge is 0.416 e. The van der Waals surface area contributed by atoms with Gasteiger partial charge in [-0.1, -0.05) is 73.6 Å². The lowest BCUT2D eigenvalue weighted by Crippen LogP contribution is -2.13. The first-order valence-electron chi connectivity index (χ1n) is 9.55. The molecule has 6 heteroatoms. The van der Waals surface area contributed by atoms with Crippen LogP contribution < -0.4 is 0 Å². The summed E-state index contributed by atoms with van der Waals surface area (Å²) in [6, 6.07) is 5.67. The first kappa shape index (κ1) is 20.0. The van der Waals surface area contributed by atoms with Crippen LogP contribution in [0.4, 0.5) is 0 Å². The smallest absolute Gasteiger partial charge is 0.276 e.